The van der Waals surface area contributed by atoms with Gasteiger partial charge in [0.15, 0.2) is 6.61 Å². The van der Waals surface area contributed by atoms with Crippen LogP contribution in [-0.2, 0) is 14.3 Å². The van der Waals surface area contributed by atoms with Crippen molar-refractivity contribution in [3.8, 4) is 0 Å². The van der Waals surface area contributed by atoms with E-state index in [2.05, 4.69) is 10.3 Å². The molecule has 1 heterocycles. The number of nitrogens with one attached hydrogen (secondary N) is 1. The second-order valence-corrected chi connectivity index (χ2v) is 4.77. The second-order valence-electron chi connectivity index (χ2n) is 4.34. The first-order valence-electron chi connectivity index (χ1n) is 5.64. The lowest BCUT2D eigenvalue weighted by Gasteiger charge is -2.05. The Labute approximate surface area is 109 Å². The van der Waals surface area contributed by atoms with Crippen molar-refractivity contribution in [2.24, 2.45) is 11.8 Å². The summed E-state index contributed by atoms with van der Waals surface area (Å²) in [4.78, 5) is 26.7. The lowest BCUT2D eigenvalue weighted by Crippen LogP contribution is -2.22. The fourth-order valence-corrected chi connectivity index (χ4v) is 1.63. The van der Waals surface area contributed by atoms with Crippen LogP contribution in [0.15, 0.2) is 18.3 Å². The first kappa shape index (κ1) is 12.8. The van der Waals surface area contributed by atoms with Gasteiger partial charge in [0.1, 0.15) is 5.82 Å². The van der Waals surface area contributed by atoms with Crippen molar-refractivity contribution in [3.05, 3.63) is 23.4 Å². The third-order valence-corrected chi connectivity index (χ3v) is 2.98. The van der Waals surface area contributed by atoms with Crippen LogP contribution in [0.2, 0.25) is 5.02 Å². The quantitative estimate of drug-likeness (QED) is 0.847. The van der Waals surface area contributed by atoms with Crippen LogP contribution >= 0.6 is 11.6 Å². The number of nitrogens with zero attached hydrogens (tertiary/aromatic N) is 1. The molecule has 1 N–H and O–H groups in total. The molecular weight excluding hydrogens is 256 g/mol. The Hall–Kier alpha value is -1.62. The number of pyridine rings is 1. The number of aromatic nitrogens is 1. The Morgan fingerprint density at radius 1 is 1.56 bits per heavy atom. The summed E-state index contributed by atoms with van der Waals surface area (Å²) in [5, 5.41) is 3.00. The zero-order valence-corrected chi connectivity index (χ0v) is 10.6. The molecule has 2 rings (SSSR count). The molecule has 18 heavy (non-hydrogen) atoms. The average molecular weight is 269 g/mol. The topological polar surface area (TPSA) is 68.3 Å². The van der Waals surface area contributed by atoms with Gasteiger partial charge in [0.2, 0.25) is 0 Å². The number of ether oxygens (including phenoxy) is 1. The van der Waals surface area contributed by atoms with E-state index in [0.29, 0.717) is 16.8 Å². The monoisotopic (exact) mass is 268 g/mol. The predicted molar refractivity (Wildman–Crippen MR) is 66.1 cm³/mol. The van der Waals surface area contributed by atoms with Crippen LogP contribution < -0.4 is 5.32 Å². The summed E-state index contributed by atoms with van der Waals surface area (Å²) >= 11 is 5.66. The number of hydrogen-bond acceptors (Lipinski definition) is 4. The number of carbonyl (C=O) groups is 2. The van der Waals surface area contributed by atoms with Crippen molar-refractivity contribution in [2.45, 2.75) is 13.3 Å². The Kier molecular flexibility index (Phi) is 3.81. The molecule has 1 aromatic rings. The van der Waals surface area contributed by atoms with E-state index in [1.807, 2.05) is 6.92 Å². The van der Waals surface area contributed by atoms with Crippen LogP contribution in [0, 0.1) is 11.8 Å². The lowest BCUT2D eigenvalue weighted by molar-refractivity contribution is -0.148. The van der Waals surface area contributed by atoms with Crippen molar-refractivity contribution in [1.82, 2.24) is 4.98 Å². The third-order valence-electron chi connectivity index (χ3n) is 2.75. The second kappa shape index (κ2) is 5.35. The van der Waals surface area contributed by atoms with E-state index in [1.54, 1.807) is 12.1 Å². The van der Waals surface area contributed by atoms with Gasteiger partial charge < -0.3 is 10.1 Å². The molecule has 5 nitrogen and oxygen atoms in total. The Morgan fingerprint density at radius 2 is 2.28 bits per heavy atom. The molecule has 0 aromatic carbocycles. The van der Waals surface area contributed by atoms with E-state index in [1.165, 1.54) is 6.20 Å². The van der Waals surface area contributed by atoms with Crippen molar-refractivity contribution in [3.63, 3.8) is 0 Å². The number of hydrogen-bond donors (Lipinski definition) is 1. The minimum atomic E-state index is -0.411. The maximum Gasteiger partial charge on any atom is 0.309 e. The van der Waals surface area contributed by atoms with E-state index in [9.17, 15) is 9.59 Å². The smallest absolute Gasteiger partial charge is 0.309 e. The van der Waals surface area contributed by atoms with Gasteiger partial charge in [0.25, 0.3) is 5.91 Å². The minimum Gasteiger partial charge on any atom is -0.455 e. The van der Waals surface area contributed by atoms with Crippen molar-refractivity contribution in [2.75, 3.05) is 11.9 Å². The number of amides is 1. The first-order valence-corrected chi connectivity index (χ1v) is 6.02. The van der Waals surface area contributed by atoms with Crippen molar-refractivity contribution >= 4 is 29.3 Å². The van der Waals surface area contributed by atoms with E-state index in [4.69, 9.17) is 16.3 Å². The van der Waals surface area contributed by atoms with Gasteiger partial charge in [0.05, 0.1) is 10.9 Å². The average Bonchev–Trinajstić information content (AvgIpc) is 3.06. The third kappa shape index (κ3) is 3.43. The molecule has 6 heteroatoms. The van der Waals surface area contributed by atoms with E-state index in [0.717, 1.165) is 6.42 Å². The Bertz CT molecular complexity index is 461. The fourth-order valence-electron chi connectivity index (χ4n) is 1.52. The molecule has 0 spiro atoms. The molecule has 1 saturated carbocycles. The molecule has 0 bridgehead atoms. The molecule has 1 aliphatic rings. The number of carbonyl (C=O) groups excluding carboxylic acids is 2. The molecule has 1 aromatic heterocycles. The van der Waals surface area contributed by atoms with Gasteiger partial charge in [-0.15, -0.1) is 0 Å². The molecule has 2 atom stereocenters. The van der Waals surface area contributed by atoms with Crippen molar-refractivity contribution < 1.29 is 14.3 Å². The number of esters is 1. The van der Waals surface area contributed by atoms with Gasteiger partial charge in [-0.25, -0.2) is 4.98 Å². The lowest BCUT2D eigenvalue weighted by atomic mass is 10.3. The molecule has 1 fully saturated rings. The number of halogens is 1. The summed E-state index contributed by atoms with van der Waals surface area (Å²) in [6.07, 6.45) is 2.27. The van der Waals surface area contributed by atoms with Crippen LogP contribution in [0.25, 0.3) is 0 Å². The summed E-state index contributed by atoms with van der Waals surface area (Å²) in [7, 11) is 0. The van der Waals surface area contributed by atoms with Crippen LogP contribution in [-0.4, -0.2) is 23.5 Å². The van der Waals surface area contributed by atoms with Crippen molar-refractivity contribution in [1.29, 1.82) is 0 Å². The molecule has 0 saturated heterocycles. The molecule has 1 amide bonds. The summed E-state index contributed by atoms with van der Waals surface area (Å²) in [6, 6.07) is 3.19. The van der Waals surface area contributed by atoms with E-state index >= 15 is 0 Å². The zero-order chi connectivity index (χ0) is 13.1. The largest absolute Gasteiger partial charge is 0.455 e. The number of rotatable bonds is 4. The van der Waals surface area contributed by atoms with Gasteiger partial charge in [0, 0.05) is 6.20 Å². The predicted octanol–water partition coefficient (Wildman–Crippen LogP) is 1.87. The normalized spacial score (nSPS) is 21.2. The molecular formula is C12H13ClN2O3. The summed E-state index contributed by atoms with van der Waals surface area (Å²) in [6.45, 7) is 1.69. The summed E-state index contributed by atoms with van der Waals surface area (Å²) < 4.78 is 4.89. The molecule has 0 aliphatic heterocycles. The van der Waals surface area contributed by atoms with Gasteiger partial charge in [-0.2, -0.15) is 0 Å². The first-order chi connectivity index (χ1) is 8.56. The molecule has 96 valence electrons. The maximum absolute atomic E-state index is 11.5. The fraction of sp³-hybridized carbons (Fsp3) is 0.417. The van der Waals surface area contributed by atoms with Gasteiger partial charge >= 0.3 is 5.97 Å². The molecule has 0 unspecified atom stereocenters. The summed E-state index contributed by atoms with van der Waals surface area (Å²) in [5.74, 6) is -0.00150. The van der Waals surface area contributed by atoms with Gasteiger partial charge in [-0.1, -0.05) is 18.5 Å². The standard InChI is InChI=1S/C12H13ClN2O3/c1-7-4-9(7)12(17)18-6-11(16)15-10-3-2-8(13)5-14-10/h2-3,5,7,9H,4,6H2,1H3,(H,14,15,16)/t7-,9-/m1/s1. The van der Waals surface area contributed by atoms with Crippen LogP contribution in [0.4, 0.5) is 5.82 Å². The van der Waals surface area contributed by atoms with Crippen LogP contribution in [0.5, 0.6) is 0 Å². The van der Waals surface area contributed by atoms with Crippen LogP contribution in [0.1, 0.15) is 13.3 Å². The highest BCUT2D eigenvalue weighted by Crippen LogP contribution is 2.38. The summed E-state index contributed by atoms with van der Waals surface area (Å²) in [5.41, 5.74) is 0. The van der Waals surface area contributed by atoms with E-state index in [-0.39, 0.29) is 18.5 Å². The minimum absolute atomic E-state index is 0.0357. The highest BCUT2D eigenvalue weighted by atomic mass is 35.5. The Morgan fingerprint density at radius 3 is 2.83 bits per heavy atom. The molecule has 1 aliphatic carbocycles. The van der Waals surface area contributed by atoms with Crippen LogP contribution in [0.3, 0.4) is 0 Å². The maximum atomic E-state index is 11.5. The zero-order valence-electron chi connectivity index (χ0n) is 9.85. The highest BCUT2D eigenvalue weighted by Gasteiger charge is 2.40. The SMILES string of the molecule is C[C@@H]1C[C@H]1C(=O)OCC(=O)Nc1ccc(Cl)cn1. The highest BCUT2D eigenvalue weighted by molar-refractivity contribution is 6.30. The van der Waals surface area contributed by atoms with Gasteiger partial charge in [-0.3, -0.25) is 9.59 Å². The number of anilines is 1. The molecule has 0 radical (unpaired) electrons. The Balaban J connectivity index is 1.75. The van der Waals surface area contributed by atoms with Gasteiger partial charge in [-0.05, 0) is 24.5 Å². The van der Waals surface area contributed by atoms with E-state index < -0.39 is 5.91 Å².